The highest BCUT2D eigenvalue weighted by Crippen LogP contribution is 2.28. The maximum atomic E-state index is 6.18. The van der Waals surface area contributed by atoms with Crippen molar-refractivity contribution < 1.29 is 9.47 Å². The van der Waals surface area contributed by atoms with Crippen LogP contribution in [-0.4, -0.2) is 43.1 Å². The van der Waals surface area contributed by atoms with Crippen LogP contribution in [0.4, 0.5) is 0 Å². The van der Waals surface area contributed by atoms with E-state index in [1.54, 1.807) is 24.8 Å². The van der Waals surface area contributed by atoms with Gasteiger partial charge in [-0.3, -0.25) is 19.9 Å². The minimum Gasteiger partial charge on any atom is -0.493 e. The van der Waals surface area contributed by atoms with E-state index in [0.29, 0.717) is 13.2 Å². The Morgan fingerprint density at radius 3 is 0.935 bits per heavy atom. The summed E-state index contributed by atoms with van der Waals surface area (Å²) in [5, 5.41) is 0. The predicted molar refractivity (Wildman–Crippen MR) is 180 cm³/mol. The smallest absolute Gasteiger partial charge is 0.123 e. The average Bonchev–Trinajstić information content (AvgIpc) is 3.13. The molecular weight excluding hydrogens is 572 g/mol. The molecule has 6 rings (SSSR count). The maximum absolute atomic E-state index is 6.18. The van der Waals surface area contributed by atoms with Crippen molar-refractivity contribution in [1.82, 2.24) is 29.9 Å². The number of hydrogen-bond acceptors (Lipinski definition) is 8. The van der Waals surface area contributed by atoms with Gasteiger partial charge < -0.3 is 9.47 Å². The van der Waals surface area contributed by atoms with Crippen molar-refractivity contribution in [2.24, 2.45) is 0 Å². The Kier molecular flexibility index (Phi) is 10.6. The van der Waals surface area contributed by atoms with Crippen LogP contribution in [0.15, 0.2) is 122 Å². The molecule has 0 aliphatic heterocycles. The molecule has 0 aliphatic carbocycles. The lowest BCUT2D eigenvalue weighted by Crippen LogP contribution is -2.01. The topological polar surface area (TPSA) is 95.8 Å². The molecule has 0 saturated carbocycles. The normalized spacial score (nSPS) is 10.9. The van der Waals surface area contributed by atoms with Gasteiger partial charge in [-0.1, -0.05) is 49.9 Å². The molecule has 0 aromatic carbocycles. The van der Waals surface area contributed by atoms with Gasteiger partial charge in [0.15, 0.2) is 0 Å². The van der Waals surface area contributed by atoms with Crippen LogP contribution >= 0.6 is 0 Å². The van der Waals surface area contributed by atoms with Gasteiger partial charge in [0.2, 0.25) is 0 Å². The Bertz CT molecular complexity index is 1540. The molecule has 230 valence electrons. The van der Waals surface area contributed by atoms with Crippen molar-refractivity contribution in [1.29, 1.82) is 0 Å². The fourth-order valence-electron chi connectivity index (χ4n) is 5.05. The van der Waals surface area contributed by atoms with Gasteiger partial charge in [0, 0.05) is 49.1 Å². The standard InChI is InChI=1S/C38H36N6O2/c1(3-13-23-45-29-25-35(31-15-5-9-19-39-31)43-36(26-29)32-16-6-10-20-40-32)2-4-14-24-46-30-27-37(33-17-7-11-21-41-33)44-38(28-30)34-18-8-12-22-42-34/h5-12,15-22,25-28H,1-4,13-14,23-24H2. The molecule has 0 saturated heterocycles. The second-order valence-electron chi connectivity index (χ2n) is 10.8. The monoisotopic (exact) mass is 608 g/mol. The van der Waals surface area contributed by atoms with Gasteiger partial charge in [0.1, 0.15) is 11.5 Å². The van der Waals surface area contributed by atoms with Gasteiger partial charge in [0.05, 0.1) is 58.8 Å². The number of unbranched alkanes of at least 4 members (excludes halogenated alkanes) is 5. The minimum atomic E-state index is 0.649. The SMILES string of the molecule is c1ccc(-c2cc(OCCCCCCCCOc3cc(-c4ccccn4)nc(-c4ccccn4)c3)cc(-c3ccccn3)n2)nc1. The molecule has 0 amide bonds. The van der Waals surface area contributed by atoms with Crippen molar-refractivity contribution in [3.05, 3.63) is 122 Å². The van der Waals surface area contributed by atoms with Crippen molar-refractivity contribution in [3.8, 4) is 57.1 Å². The van der Waals surface area contributed by atoms with E-state index in [2.05, 4.69) is 19.9 Å². The van der Waals surface area contributed by atoms with Gasteiger partial charge in [-0.25, -0.2) is 9.97 Å². The van der Waals surface area contributed by atoms with Gasteiger partial charge >= 0.3 is 0 Å². The van der Waals surface area contributed by atoms with E-state index in [4.69, 9.17) is 19.4 Å². The molecule has 6 aromatic heterocycles. The zero-order chi connectivity index (χ0) is 31.2. The third kappa shape index (κ3) is 8.57. The Labute approximate surface area is 269 Å². The fourth-order valence-corrected chi connectivity index (χ4v) is 5.05. The van der Waals surface area contributed by atoms with Crippen LogP contribution in [0.5, 0.6) is 11.5 Å². The molecule has 6 heterocycles. The van der Waals surface area contributed by atoms with E-state index in [0.717, 1.165) is 95.6 Å². The highest BCUT2D eigenvalue weighted by molar-refractivity contribution is 5.65. The molecule has 0 unspecified atom stereocenters. The lowest BCUT2D eigenvalue weighted by molar-refractivity contribution is 0.297. The summed E-state index contributed by atoms with van der Waals surface area (Å²) in [7, 11) is 0. The minimum absolute atomic E-state index is 0.649. The molecule has 0 N–H and O–H groups in total. The third-order valence-corrected chi connectivity index (χ3v) is 7.38. The number of hydrogen-bond donors (Lipinski definition) is 0. The second-order valence-corrected chi connectivity index (χ2v) is 10.8. The fraction of sp³-hybridized carbons (Fsp3) is 0.211. The van der Waals surface area contributed by atoms with Crippen LogP contribution in [-0.2, 0) is 0 Å². The molecule has 0 bridgehead atoms. The number of rotatable bonds is 15. The molecule has 0 spiro atoms. The average molecular weight is 609 g/mol. The summed E-state index contributed by atoms with van der Waals surface area (Å²) < 4.78 is 12.4. The summed E-state index contributed by atoms with van der Waals surface area (Å²) >= 11 is 0. The summed E-state index contributed by atoms with van der Waals surface area (Å²) in [5.74, 6) is 1.56. The van der Waals surface area contributed by atoms with E-state index >= 15 is 0 Å². The molecule has 0 atom stereocenters. The summed E-state index contributed by atoms with van der Waals surface area (Å²) in [6, 6.07) is 31.1. The van der Waals surface area contributed by atoms with Crippen LogP contribution in [0.3, 0.4) is 0 Å². The number of nitrogens with zero attached hydrogens (tertiary/aromatic N) is 6. The second kappa shape index (κ2) is 16.0. The number of aromatic nitrogens is 6. The molecule has 8 heteroatoms. The maximum Gasteiger partial charge on any atom is 0.123 e. The molecule has 0 radical (unpaired) electrons. The van der Waals surface area contributed by atoms with Gasteiger partial charge in [0.25, 0.3) is 0 Å². The molecule has 0 fully saturated rings. The Balaban J connectivity index is 0.950. The van der Waals surface area contributed by atoms with Crippen molar-refractivity contribution in [3.63, 3.8) is 0 Å². The zero-order valence-electron chi connectivity index (χ0n) is 25.7. The first-order valence-electron chi connectivity index (χ1n) is 15.8. The van der Waals surface area contributed by atoms with Crippen LogP contribution in [0.2, 0.25) is 0 Å². The van der Waals surface area contributed by atoms with Gasteiger partial charge in [-0.05, 0) is 61.4 Å². The highest BCUT2D eigenvalue weighted by atomic mass is 16.5. The van der Waals surface area contributed by atoms with Gasteiger partial charge in [-0.15, -0.1) is 0 Å². The molecule has 6 aromatic rings. The lowest BCUT2D eigenvalue weighted by atomic mass is 10.1. The first-order chi connectivity index (χ1) is 22.8. The van der Waals surface area contributed by atoms with E-state index in [9.17, 15) is 0 Å². The van der Waals surface area contributed by atoms with Crippen LogP contribution in [0, 0.1) is 0 Å². The molecule has 46 heavy (non-hydrogen) atoms. The summed E-state index contributed by atoms with van der Waals surface area (Å²) in [5.41, 5.74) is 6.31. The van der Waals surface area contributed by atoms with Crippen LogP contribution in [0.25, 0.3) is 45.6 Å². The Morgan fingerprint density at radius 2 is 0.652 bits per heavy atom. The third-order valence-electron chi connectivity index (χ3n) is 7.38. The molecular formula is C38H36N6O2. The summed E-state index contributed by atoms with van der Waals surface area (Å²) in [6.45, 7) is 1.30. The lowest BCUT2D eigenvalue weighted by Gasteiger charge is -2.11. The molecule has 0 aliphatic rings. The predicted octanol–water partition coefficient (Wildman–Crippen LogP) is 8.52. The Hall–Kier alpha value is -5.50. The zero-order valence-corrected chi connectivity index (χ0v) is 25.7. The number of pyridine rings is 6. The van der Waals surface area contributed by atoms with E-state index in [1.165, 1.54) is 0 Å². The van der Waals surface area contributed by atoms with E-state index < -0.39 is 0 Å². The van der Waals surface area contributed by atoms with Gasteiger partial charge in [-0.2, -0.15) is 0 Å². The first kappa shape index (κ1) is 30.5. The largest absolute Gasteiger partial charge is 0.493 e. The molecule has 8 nitrogen and oxygen atoms in total. The van der Waals surface area contributed by atoms with Crippen LogP contribution in [0.1, 0.15) is 38.5 Å². The van der Waals surface area contributed by atoms with Crippen molar-refractivity contribution in [2.45, 2.75) is 38.5 Å². The Morgan fingerprint density at radius 1 is 0.348 bits per heavy atom. The summed E-state index contributed by atoms with van der Waals surface area (Å²) in [6.07, 6.45) is 13.6. The number of ether oxygens (including phenoxy) is 2. The highest BCUT2D eigenvalue weighted by Gasteiger charge is 2.11. The quantitative estimate of drug-likeness (QED) is 0.107. The van der Waals surface area contributed by atoms with E-state index in [1.807, 2.05) is 97.1 Å². The van der Waals surface area contributed by atoms with Crippen molar-refractivity contribution >= 4 is 0 Å². The van der Waals surface area contributed by atoms with E-state index in [-0.39, 0.29) is 0 Å². The first-order valence-corrected chi connectivity index (χ1v) is 15.8. The summed E-state index contributed by atoms with van der Waals surface area (Å²) in [4.78, 5) is 27.5. The van der Waals surface area contributed by atoms with Crippen LogP contribution < -0.4 is 9.47 Å². The van der Waals surface area contributed by atoms with Crippen molar-refractivity contribution in [2.75, 3.05) is 13.2 Å².